The summed E-state index contributed by atoms with van der Waals surface area (Å²) in [6, 6.07) is 20.0. The molecule has 1 aromatic heterocycles. The third kappa shape index (κ3) is 5.09. The summed E-state index contributed by atoms with van der Waals surface area (Å²) in [5, 5.41) is 20.6. The van der Waals surface area contributed by atoms with Crippen LogP contribution in [0.25, 0.3) is 22.2 Å². The molecule has 0 fully saturated rings. The first-order valence-electron chi connectivity index (χ1n) is 10.8. The molecular weight excluding hydrogens is 504 g/mol. The molecule has 0 spiro atoms. The number of aliphatic carboxylic acids is 1. The number of methoxy groups -OCH3 is 1. The molecule has 1 heterocycles. The van der Waals surface area contributed by atoms with Crippen LogP contribution in [0.3, 0.4) is 0 Å². The molecule has 0 saturated carbocycles. The van der Waals surface area contributed by atoms with Gasteiger partial charge in [0.2, 0.25) is 14.7 Å². The summed E-state index contributed by atoms with van der Waals surface area (Å²) in [4.78, 5) is 13.3. The number of nitrogens with zero attached hydrogens (tertiary/aromatic N) is 1. The van der Waals surface area contributed by atoms with Gasteiger partial charge in [0.1, 0.15) is 11.3 Å². The van der Waals surface area contributed by atoms with Crippen LogP contribution < -0.4 is 10.5 Å². The number of aliphatic hydroxyl groups is 1. The highest BCUT2D eigenvalue weighted by molar-refractivity contribution is 7.99. The molecule has 4 aromatic rings. The number of carboxylic acid groups (broad SMARTS) is 1. The Morgan fingerprint density at radius 2 is 1.69 bits per heavy atom. The maximum atomic E-state index is 13.3. The molecule has 0 bridgehead atoms. The normalized spacial score (nSPS) is 14.3. The third-order valence-electron chi connectivity index (χ3n) is 5.64. The van der Waals surface area contributed by atoms with Gasteiger partial charge < -0.3 is 25.1 Å². The highest BCUT2D eigenvalue weighted by Crippen LogP contribution is 2.31. The summed E-state index contributed by atoms with van der Waals surface area (Å²) >= 11 is 1.04. The second-order valence-corrected chi connectivity index (χ2v) is 11.2. The van der Waals surface area contributed by atoms with Gasteiger partial charge in [-0.2, -0.15) is 0 Å². The summed E-state index contributed by atoms with van der Waals surface area (Å²) in [5.41, 5.74) is 8.70. The minimum Gasteiger partial charge on any atom is -0.497 e. The van der Waals surface area contributed by atoms with E-state index in [1.165, 1.54) is 12.1 Å². The number of hydrogen-bond donors (Lipinski definition) is 3. The molecule has 0 saturated heterocycles. The molecule has 3 aromatic carbocycles. The lowest BCUT2D eigenvalue weighted by molar-refractivity contribution is -0.140. The Labute approximate surface area is 211 Å². The van der Waals surface area contributed by atoms with E-state index in [0.29, 0.717) is 16.8 Å². The molecule has 11 heteroatoms. The van der Waals surface area contributed by atoms with E-state index < -0.39 is 33.2 Å². The Balaban J connectivity index is 1.50. The zero-order valence-corrected chi connectivity index (χ0v) is 20.8. The molecule has 0 radical (unpaired) electrons. The molecule has 0 amide bonds. The van der Waals surface area contributed by atoms with Crippen molar-refractivity contribution in [1.29, 1.82) is 0 Å². The number of aromatic nitrogens is 1. The van der Waals surface area contributed by atoms with E-state index in [1.54, 1.807) is 55.6 Å². The summed E-state index contributed by atoms with van der Waals surface area (Å²) in [7, 11) is -3.00. The molecule has 0 aliphatic heterocycles. The van der Waals surface area contributed by atoms with Gasteiger partial charge in [0, 0.05) is 12.2 Å². The van der Waals surface area contributed by atoms with Crippen LogP contribution in [-0.2, 0) is 14.6 Å². The lowest BCUT2D eigenvalue weighted by Crippen LogP contribution is -2.56. The number of hydrogen-bond acceptors (Lipinski definition) is 9. The molecule has 0 aliphatic rings. The summed E-state index contributed by atoms with van der Waals surface area (Å²) in [5.74, 6) is -1.14. The van der Waals surface area contributed by atoms with E-state index in [4.69, 9.17) is 14.9 Å². The van der Waals surface area contributed by atoms with Gasteiger partial charge in [0.25, 0.3) is 5.22 Å². The maximum Gasteiger partial charge on any atom is 0.340 e. The number of oxazole rings is 1. The molecule has 2 unspecified atom stereocenters. The standard InChI is InChI=1S/C25H24N2O7S2/c1-33-19-10-6-16(7-11-19)17-8-12-20(13-9-17)36(31,32)25(26,23(29)30)14-18(28)15-35-24-27-21-4-2-3-5-22(21)34-24/h2-13,18,28H,14-15,26H2,1H3,(H,29,30). The molecule has 0 aliphatic carbocycles. The van der Waals surface area contributed by atoms with E-state index in [1.807, 2.05) is 12.1 Å². The fourth-order valence-corrected chi connectivity index (χ4v) is 5.94. The minimum atomic E-state index is -4.56. The number of ether oxygens (including phenoxy) is 1. The van der Waals surface area contributed by atoms with Gasteiger partial charge in [-0.05, 0) is 47.5 Å². The monoisotopic (exact) mass is 528 g/mol. The zero-order chi connectivity index (χ0) is 25.9. The van der Waals surface area contributed by atoms with E-state index in [-0.39, 0.29) is 15.9 Å². The number of fused-ring (bicyclic) bond motifs is 1. The largest absolute Gasteiger partial charge is 0.497 e. The smallest absolute Gasteiger partial charge is 0.340 e. The Morgan fingerprint density at radius 1 is 1.08 bits per heavy atom. The molecule has 2 atom stereocenters. The highest BCUT2D eigenvalue weighted by Gasteiger charge is 2.49. The van der Waals surface area contributed by atoms with Crippen molar-refractivity contribution in [2.75, 3.05) is 12.9 Å². The second-order valence-electron chi connectivity index (χ2n) is 8.07. The molecule has 4 N–H and O–H groups in total. The average molecular weight is 529 g/mol. The van der Waals surface area contributed by atoms with Crippen molar-refractivity contribution in [3.05, 3.63) is 72.8 Å². The zero-order valence-electron chi connectivity index (χ0n) is 19.2. The van der Waals surface area contributed by atoms with Crippen LogP contribution in [0, 0.1) is 0 Å². The Kier molecular flexibility index (Phi) is 7.36. The second kappa shape index (κ2) is 10.3. The van der Waals surface area contributed by atoms with Crippen LogP contribution in [0.1, 0.15) is 6.42 Å². The first kappa shape index (κ1) is 25.7. The minimum absolute atomic E-state index is 0.0645. The Bertz CT molecular complexity index is 1440. The number of sulfone groups is 1. The van der Waals surface area contributed by atoms with E-state index in [9.17, 15) is 23.4 Å². The van der Waals surface area contributed by atoms with Crippen LogP contribution in [-0.4, -0.2) is 53.4 Å². The van der Waals surface area contributed by atoms with Crippen LogP contribution in [0.2, 0.25) is 0 Å². The van der Waals surface area contributed by atoms with Crippen molar-refractivity contribution in [3.8, 4) is 16.9 Å². The van der Waals surface area contributed by atoms with Crippen molar-refractivity contribution >= 4 is 38.7 Å². The average Bonchev–Trinajstić information content (AvgIpc) is 3.30. The molecule has 4 rings (SSSR count). The number of nitrogens with two attached hydrogens (primary N) is 1. The van der Waals surface area contributed by atoms with Crippen molar-refractivity contribution < 1.29 is 32.6 Å². The van der Waals surface area contributed by atoms with Gasteiger partial charge in [0.15, 0.2) is 5.58 Å². The lowest BCUT2D eigenvalue weighted by Gasteiger charge is -2.27. The number of rotatable bonds is 10. The predicted molar refractivity (Wildman–Crippen MR) is 136 cm³/mol. The van der Waals surface area contributed by atoms with Gasteiger partial charge in [-0.15, -0.1) is 0 Å². The molecule has 36 heavy (non-hydrogen) atoms. The van der Waals surface area contributed by atoms with Crippen molar-refractivity contribution in [2.24, 2.45) is 5.73 Å². The predicted octanol–water partition coefficient (Wildman–Crippen LogP) is 3.56. The number of carbonyl (C=O) groups is 1. The number of carboxylic acids is 1. The van der Waals surface area contributed by atoms with Gasteiger partial charge in [-0.25, -0.2) is 18.2 Å². The number of benzene rings is 3. The number of para-hydroxylation sites is 2. The first-order chi connectivity index (χ1) is 17.1. The van der Waals surface area contributed by atoms with E-state index in [2.05, 4.69) is 4.98 Å². The number of aliphatic hydroxyl groups excluding tert-OH is 1. The number of thioether (sulfide) groups is 1. The quantitative estimate of drug-likeness (QED) is 0.260. The Morgan fingerprint density at radius 3 is 2.28 bits per heavy atom. The van der Waals surface area contributed by atoms with E-state index in [0.717, 1.165) is 22.9 Å². The van der Waals surface area contributed by atoms with Crippen LogP contribution in [0.4, 0.5) is 0 Å². The van der Waals surface area contributed by atoms with Gasteiger partial charge in [0.05, 0.1) is 18.1 Å². The SMILES string of the molecule is COc1ccc(-c2ccc(S(=O)(=O)C(N)(CC(O)CSc3nc4ccccc4o3)C(=O)O)cc2)cc1. The van der Waals surface area contributed by atoms with Crippen LogP contribution in [0.15, 0.2) is 87.3 Å². The highest BCUT2D eigenvalue weighted by atomic mass is 32.2. The fraction of sp³-hybridized carbons (Fsp3) is 0.200. The van der Waals surface area contributed by atoms with Crippen molar-refractivity contribution in [2.45, 2.75) is 27.5 Å². The van der Waals surface area contributed by atoms with Crippen LogP contribution >= 0.6 is 11.8 Å². The summed E-state index contributed by atoms with van der Waals surface area (Å²) < 4.78 is 37.3. The van der Waals surface area contributed by atoms with Crippen LogP contribution in [0.5, 0.6) is 5.75 Å². The summed E-state index contributed by atoms with van der Waals surface area (Å²) in [6.45, 7) is 0. The van der Waals surface area contributed by atoms with Gasteiger partial charge in [-0.3, -0.25) is 0 Å². The first-order valence-corrected chi connectivity index (χ1v) is 13.3. The Hall–Kier alpha value is -3.38. The fourth-order valence-electron chi connectivity index (χ4n) is 3.62. The lowest BCUT2D eigenvalue weighted by atomic mass is 10.1. The van der Waals surface area contributed by atoms with Gasteiger partial charge in [-0.1, -0.05) is 48.2 Å². The molecule has 9 nitrogen and oxygen atoms in total. The van der Waals surface area contributed by atoms with Crippen molar-refractivity contribution in [3.63, 3.8) is 0 Å². The molecule has 188 valence electrons. The van der Waals surface area contributed by atoms with Gasteiger partial charge >= 0.3 is 5.97 Å². The van der Waals surface area contributed by atoms with E-state index >= 15 is 0 Å². The molecular formula is C25H24N2O7S2. The summed E-state index contributed by atoms with van der Waals surface area (Å²) in [6.07, 6.45) is -2.09. The third-order valence-corrected chi connectivity index (χ3v) is 8.81. The topological polar surface area (TPSA) is 153 Å². The van der Waals surface area contributed by atoms with Crippen molar-refractivity contribution in [1.82, 2.24) is 4.98 Å². The maximum absolute atomic E-state index is 13.3.